The monoisotopic (exact) mass is 533 g/mol. The molecule has 0 saturated heterocycles. The molecule has 2 aromatic rings. The third-order valence-electron chi connectivity index (χ3n) is 7.40. The van der Waals surface area contributed by atoms with Gasteiger partial charge in [0.2, 0.25) is 0 Å². The van der Waals surface area contributed by atoms with Crippen LogP contribution in [-0.2, 0) is 14.0 Å². The van der Waals surface area contributed by atoms with E-state index in [1.165, 1.54) is 10.4 Å². The molecule has 0 aliphatic carbocycles. The van der Waals surface area contributed by atoms with E-state index in [0.717, 1.165) is 0 Å². The third kappa shape index (κ3) is 6.59. The fraction of sp³-hybridized carbons (Fsp3) is 0.419. The molecule has 0 aliphatic rings. The Labute approximate surface area is 226 Å². The first kappa shape index (κ1) is 30.5. The fourth-order valence-electron chi connectivity index (χ4n) is 4.31. The van der Waals surface area contributed by atoms with Gasteiger partial charge in [0.1, 0.15) is 14.1 Å². The summed E-state index contributed by atoms with van der Waals surface area (Å²) in [5, 5.41) is 12.6. The number of rotatable bonds is 9. The maximum atomic E-state index is 13.1. The summed E-state index contributed by atoms with van der Waals surface area (Å²) in [6.07, 6.45) is 5.34. The zero-order valence-electron chi connectivity index (χ0n) is 24.0. The summed E-state index contributed by atoms with van der Waals surface area (Å²) in [6.45, 7) is 19.1. The lowest BCUT2D eigenvalue weighted by Gasteiger charge is -2.42. The van der Waals surface area contributed by atoms with E-state index in [-0.39, 0.29) is 16.7 Å². The number of carbonyl (C=O) groups excluding carboxylic acids is 1. The lowest BCUT2D eigenvalue weighted by molar-refractivity contribution is -0.154. The zero-order chi connectivity index (χ0) is 28.0. The topological polar surface area (TPSA) is 59.3 Å². The molecule has 0 radical (unpaired) electrons. The van der Waals surface area contributed by atoms with Crippen molar-refractivity contribution < 1.29 is 14.0 Å². The number of ether oxygens (including phenoxy) is 1. The van der Waals surface area contributed by atoms with Gasteiger partial charge in [-0.2, -0.15) is 5.26 Å². The zero-order valence-corrected chi connectivity index (χ0v) is 26.0. The second-order valence-electron chi connectivity index (χ2n) is 11.9. The SMILES string of the molecule is CCOC(=O)C(C#N)(/C=C/C=C/[Si](c1ccccc1)(c1ccccc1)C(C)(C)C)O[Si](C)(C)C(C)(C)C. The van der Waals surface area contributed by atoms with Crippen LogP contribution in [-0.4, -0.2) is 34.6 Å². The lowest BCUT2D eigenvalue weighted by Crippen LogP contribution is -2.63. The number of esters is 1. The Morgan fingerprint density at radius 3 is 1.73 bits per heavy atom. The molecule has 0 N–H and O–H groups in total. The van der Waals surface area contributed by atoms with Crippen molar-refractivity contribution in [2.45, 2.75) is 77.2 Å². The van der Waals surface area contributed by atoms with Gasteiger partial charge >= 0.3 is 5.97 Å². The average molecular weight is 534 g/mol. The first-order chi connectivity index (χ1) is 17.2. The Morgan fingerprint density at radius 1 is 0.865 bits per heavy atom. The van der Waals surface area contributed by atoms with Crippen LogP contribution in [0, 0.1) is 11.3 Å². The van der Waals surface area contributed by atoms with E-state index < -0.39 is 28.0 Å². The molecule has 0 amide bonds. The molecule has 1 atom stereocenters. The number of nitrogens with zero attached hydrogens (tertiary/aromatic N) is 1. The molecule has 0 spiro atoms. The van der Waals surface area contributed by atoms with Crippen LogP contribution in [0.3, 0.4) is 0 Å². The van der Waals surface area contributed by atoms with Crippen molar-refractivity contribution in [2.24, 2.45) is 0 Å². The molecule has 2 rings (SSSR count). The van der Waals surface area contributed by atoms with Crippen molar-refractivity contribution in [3.05, 3.63) is 84.6 Å². The van der Waals surface area contributed by atoms with Gasteiger partial charge in [0.25, 0.3) is 5.60 Å². The molecular formula is C31H43NO3Si2. The normalized spacial score (nSPS) is 14.9. The molecule has 6 heteroatoms. The van der Waals surface area contributed by atoms with Crippen LogP contribution >= 0.6 is 0 Å². The average Bonchev–Trinajstić information content (AvgIpc) is 2.83. The van der Waals surface area contributed by atoms with Crippen molar-refractivity contribution in [3.63, 3.8) is 0 Å². The number of allylic oxidation sites excluding steroid dienone is 2. The summed E-state index contributed by atoms with van der Waals surface area (Å²) < 4.78 is 11.7. The number of hydrogen-bond donors (Lipinski definition) is 0. The Bertz CT molecular complexity index is 1100. The van der Waals surface area contributed by atoms with Gasteiger partial charge in [-0.1, -0.05) is 120 Å². The summed E-state index contributed by atoms with van der Waals surface area (Å²) in [4.78, 5) is 13.1. The molecule has 37 heavy (non-hydrogen) atoms. The maximum Gasteiger partial charge on any atom is 0.356 e. The molecule has 4 nitrogen and oxygen atoms in total. The van der Waals surface area contributed by atoms with Crippen molar-refractivity contribution >= 4 is 32.7 Å². The highest BCUT2D eigenvalue weighted by molar-refractivity contribution is 7.07. The van der Waals surface area contributed by atoms with Crippen molar-refractivity contribution in [2.75, 3.05) is 6.61 Å². The summed E-state index contributed by atoms with van der Waals surface area (Å²) in [7, 11) is -4.91. The molecule has 1 unspecified atom stereocenters. The van der Waals surface area contributed by atoms with Gasteiger partial charge in [-0.05, 0) is 46.5 Å². The van der Waals surface area contributed by atoms with E-state index in [2.05, 4.69) is 102 Å². The largest absolute Gasteiger partial charge is 0.463 e. The standard InChI is InChI=1S/C31H43NO3Si2/c1-10-34-28(33)31(25-32,35-36(8,9)29(2,3)4)23-17-18-24-37(30(5,6)7,26-19-13-11-14-20-26)27-21-15-12-16-22-27/h11-24H,10H2,1-9H3/b23-17+,24-18+. The molecule has 198 valence electrons. The first-order valence-electron chi connectivity index (χ1n) is 12.9. The molecule has 0 heterocycles. The molecule has 0 saturated carbocycles. The fourth-order valence-corrected chi connectivity index (χ4v) is 10.4. The van der Waals surface area contributed by atoms with E-state index in [1.54, 1.807) is 19.1 Å². The van der Waals surface area contributed by atoms with Gasteiger partial charge in [0.15, 0.2) is 8.32 Å². The predicted octanol–water partition coefficient (Wildman–Crippen LogP) is 6.55. The smallest absolute Gasteiger partial charge is 0.356 e. The molecule has 2 aromatic carbocycles. The lowest BCUT2D eigenvalue weighted by atomic mass is 10.1. The molecule has 0 fully saturated rings. The highest BCUT2D eigenvalue weighted by Crippen LogP contribution is 2.40. The summed E-state index contributed by atoms with van der Waals surface area (Å²) in [5.74, 6) is -0.669. The van der Waals surface area contributed by atoms with Crippen LogP contribution in [0.1, 0.15) is 48.5 Å². The Morgan fingerprint density at radius 2 is 1.35 bits per heavy atom. The van der Waals surface area contributed by atoms with Gasteiger partial charge in [-0.3, -0.25) is 0 Å². The number of carbonyl (C=O) groups is 1. The highest BCUT2D eigenvalue weighted by atomic mass is 28.4. The van der Waals surface area contributed by atoms with Gasteiger partial charge in [0.05, 0.1) is 6.61 Å². The quantitative estimate of drug-likeness (QED) is 0.208. The number of nitriles is 1. The first-order valence-corrected chi connectivity index (χ1v) is 17.9. The minimum atomic E-state index is -2.48. The maximum absolute atomic E-state index is 13.1. The molecule has 0 bridgehead atoms. The summed E-state index contributed by atoms with van der Waals surface area (Å²) in [6, 6.07) is 23.4. The predicted molar refractivity (Wildman–Crippen MR) is 159 cm³/mol. The van der Waals surface area contributed by atoms with Crippen LogP contribution in [0.4, 0.5) is 0 Å². The third-order valence-corrected chi connectivity index (χ3v) is 17.4. The van der Waals surface area contributed by atoms with Crippen molar-refractivity contribution in [1.29, 1.82) is 5.26 Å². The van der Waals surface area contributed by atoms with Gasteiger partial charge in [-0.15, -0.1) is 0 Å². The minimum Gasteiger partial charge on any atom is -0.463 e. The Kier molecular flexibility index (Phi) is 9.70. The van der Waals surface area contributed by atoms with Crippen LogP contribution in [0.15, 0.2) is 84.6 Å². The van der Waals surface area contributed by atoms with E-state index in [1.807, 2.05) is 31.3 Å². The van der Waals surface area contributed by atoms with Crippen molar-refractivity contribution in [1.82, 2.24) is 0 Å². The summed E-state index contributed by atoms with van der Waals surface area (Å²) >= 11 is 0. The van der Waals surface area contributed by atoms with E-state index in [4.69, 9.17) is 9.16 Å². The van der Waals surface area contributed by atoms with E-state index >= 15 is 0 Å². The van der Waals surface area contributed by atoms with Gasteiger partial charge in [0, 0.05) is 0 Å². The van der Waals surface area contributed by atoms with E-state index in [9.17, 15) is 10.1 Å². The van der Waals surface area contributed by atoms with Crippen molar-refractivity contribution in [3.8, 4) is 6.07 Å². The van der Waals surface area contributed by atoms with Crippen LogP contribution in [0.5, 0.6) is 0 Å². The summed E-state index contributed by atoms with van der Waals surface area (Å²) in [5.41, 5.74) is 0.503. The number of hydrogen-bond acceptors (Lipinski definition) is 4. The molecule has 0 aromatic heterocycles. The van der Waals surface area contributed by atoms with Crippen LogP contribution in [0.2, 0.25) is 23.2 Å². The van der Waals surface area contributed by atoms with Gasteiger partial charge in [-0.25, -0.2) is 4.79 Å². The van der Waals surface area contributed by atoms with Crippen LogP contribution in [0.25, 0.3) is 0 Å². The van der Waals surface area contributed by atoms with Gasteiger partial charge < -0.3 is 9.16 Å². The van der Waals surface area contributed by atoms with Crippen LogP contribution < -0.4 is 10.4 Å². The van der Waals surface area contributed by atoms with E-state index in [0.29, 0.717) is 0 Å². The molecular weight excluding hydrogens is 491 g/mol. The second-order valence-corrected chi connectivity index (χ2v) is 21.3. The minimum absolute atomic E-state index is 0.0505. The highest BCUT2D eigenvalue weighted by Gasteiger charge is 2.49. The number of benzene rings is 2. The Balaban J connectivity index is 2.66. The molecule has 0 aliphatic heterocycles. The second kappa shape index (κ2) is 11.8. The Hall–Kier alpha value is -2.73.